The number of aromatic nitrogens is 3. The molecule has 0 amide bonds. The molecule has 0 saturated heterocycles. The Morgan fingerprint density at radius 2 is 1.82 bits per heavy atom. The number of nitrogens with two attached hydrogens (primary N) is 1. The highest BCUT2D eigenvalue weighted by Crippen LogP contribution is 2.28. The van der Waals surface area contributed by atoms with Gasteiger partial charge in [-0.1, -0.05) is 0 Å². The van der Waals surface area contributed by atoms with Crippen molar-refractivity contribution in [2.24, 2.45) is 5.73 Å². The number of carboxylic acid groups (broad SMARTS) is 2. The van der Waals surface area contributed by atoms with E-state index < -0.39 is 11.9 Å². The van der Waals surface area contributed by atoms with Crippen LogP contribution in [0, 0.1) is 0 Å². The summed E-state index contributed by atoms with van der Waals surface area (Å²) >= 11 is 0. The summed E-state index contributed by atoms with van der Waals surface area (Å²) in [5.41, 5.74) is 5.62. The van der Waals surface area contributed by atoms with E-state index in [1.165, 1.54) is 0 Å². The fourth-order valence-electron chi connectivity index (χ4n) is 2.31. The van der Waals surface area contributed by atoms with Crippen LogP contribution < -0.4 is 20.1 Å². The number of nitrogens with zero attached hydrogens (tertiary/aromatic N) is 4. The van der Waals surface area contributed by atoms with Gasteiger partial charge in [0.2, 0.25) is 5.95 Å². The number of aliphatic carboxylic acids is 2. The van der Waals surface area contributed by atoms with Gasteiger partial charge in [-0.15, -0.1) is 0 Å². The quantitative estimate of drug-likeness (QED) is 0.569. The molecule has 0 aromatic carbocycles. The monoisotopic (exact) mass is 391 g/mol. The zero-order valence-corrected chi connectivity index (χ0v) is 15.0. The topological polar surface area (TPSA) is 161 Å². The molecule has 0 fully saturated rings. The lowest BCUT2D eigenvalue weighted by atomic mass is 10.3. The molecular formula is C17H21N5O6. The maximum atomic E-state index is 9.10. The molecule has 4 N–H and O–H groups in total. The number of carbonyl (C=O) groups is 2. The van der Waals surface area contributed by atoms with E-state index in [1.807, 2.05) is 12.1 Å². The third-order valence-electron chi connectivity index (χ3n) is 3.51. The van der Waals surface area contributed by atoms with Gasteiger partial charge in [-0.05, 0) is 31.2 Å². The summed E-state index contributed by atoms with van der Waals surface area (Å²) in [6.07, 6.45) is 5.92. The van der Waals surface area contributed by atoms with E-state index in [0.717, 1.165) is 13.0 Å². The second-order valence-corrected chi connectivity index (χ2v) is 5.60. The third-order valence-corrected chi connectivity index (χ3v) is 3.51. The molecule has 11 nitrogen and oxygen atoms in total. The molecule has 2 aromatic heterocycles. The van der Waals surface area contributed by atoms with Gasteiger partial charge in [-0.3, -0.25) is 0 Å². The summed E-state index contributed by atoms with van der Waals surface area (Å²) in [5.74, 6) is -1.75. The predicted octanol–water partition coefficient (Wildman–Crippen LogP) is 0.0224. The van der Waals surface area contributed by atoms with Crippen LogP contribution in [-0.4, -0.2) is 69.4 Å². The van der Waals surface area contributed by atoms with Gasteiger partial charge in [0.05, 0.1) is 6.54 Å². The molecule has 1 aliphatic rings. The molecule has 1 atom stereocenters. The van der Waals surface area contributed by atoms with Crippen molar-refractivity contribution in [3.63, 3.8) is 0 Å². The van der Waals surface area contributed by atoms with Crippen LogP contribution in [0.3, 0.4) is 0 Å². The molecule has 3 heterocycles. The summed E-state index contributed by atoms with van der Waals surface area (Å²) in [6, 6.07) is 5.49. The zero-order chi connectivity index (χ0) is 20.4. The Hall–Kier alpha value is -3.47. The Kier molecular flexibility index (Phi) is 7.91. The maximum absolute atomic E-state index is 9.10. The highest BCUT2D eigenvalue weighted by molar-refractivity contribution is 6.27. The number of pyridine rings is 1. The molecule has 0 saturated carbocycles. The first-order valence-corrected chi connectivity index (χ1v) is 8.44. The minimum atomic E-state index is -1.82. The van der Waals surface area contributed by atoms with Gasteiger partial charge in [0.25, 0.3) is 5.88 Å². The lowest BCUT2D eigenvalue weighted by Gasteiger charge is -2.30. The second kappa shape index (κ2) is 10.6. The SMILES string of the molecule is NCCCN(CC1COc2ncccc2O1)c1ncccn1.O=C(O)C(=O)O. The number of carboxylic acids is 2. The first-order chi connectivity index (χ1) is 13.5. The van der Waals surface area contributed by atoms with Gasteiger partial charge >= 0.3 is 11.9 Å². The molecule has 2 aromatic rings. The number of hydrogen-bond acceptors (Lipinski definition) is 9. The minimum absolute atomic E-state index is 0.0988. The fraction of sp³-hybridized carbons (Fsp3) is 0.353. The van der Waals surface area contributed by atoms with Crippen LogP contribution in [0.2, 0.25) is 0 Å². The van der Waals surface area contributed by atoms with Crippen molar-refractivity contribution in [3.05, 3.63) is 36.8 Å². The number of rotatable bonds is 6. The number of anilines is 1. The molecule has 28 heavy (non-hydrogen) atoms. The van der Waals surface area contributed by atoms with Crippen LogP contribution in [0.5, 0.6) is 11.6 Å². The van der Waals surface area contributed by atoms with E-state index >= 15 is 0 Å². The Labute approximate surface area is 160 Å². The van der Waals surface area contributed by atoms with E-state index in [-0.39, 0.29) is 6.10 Å². The molecule has 3 rings (SSSR count). The zero-order valence-electron chi connectivity index (χ0n) is 15.0. The molecule has 0 spiro atoms. The fourth-order valence-corrected chi connectivity index (χ4v) is 2.31. The molecule has 11 heteroatoms. The molecule has 0 bridgehead atoms. The average molecular weight is 391 g/mol. The maximum Gasteiger partial charge on any atom is 0.414 e. The molecule has 150 valence electrons. The summed E-state index contributed by atoms with van der Waals surface area (Å²) in [7, 11) is 0. The summed E-state index contributed by atoms with van der Waals surface area (Å²) < 4.78 is 11.6. The molecular weight excluding hydrogens is 370 g/mol. The number of fused-ring (bicyclic) bond motifs is 1. The minimum Gasteiger partial charge on any atom is -0.479 e. The molecule has 0 radical (unpaired) electrons. The molecule has 1 unspecified atom stereocenters. The van der Waals surface area contributed by atoms with Crippen LogP contribution in [0.4, 0.5) is 5.95 Å². The van der Waals surface area contributed by atoms with E-state index in [9.17, 15) is 0 Å². The first-order valence-electron chi connectivity index (χ1n) is 8.44. The summed E-state index contributed by atoms with van der Waals surface area (Å²) in [5, 5.41) is 14.8. The van der Waals surface area contributed by atoms with E-state index in [1.54, 1.807) is 24.7 Å². The molecule has 0 aliphatic carbocycles. The van der Waals surface area contributed by atoms with Gasteiger partial charge in [-0.25, -0.2) is 24.5 Å². The Balaban J connectivity index is 0.000000409. The average Bonchev–Trinajstić information content (AvgIpc) is 2.72. The Morgan fingerprint density at radius 1 is 1.14 bits per heavy atom. The standard InChI is InChI=1S/C15H19N5O2.C2H2O4/c16-5-2-9-20(15-18-7-3-8-19-15)10-12-11-21-14-13(22-12)4-1-6-17-14;3-1(4)2(5)6/h1,3-4,6-8,12H,2,5,9-11,16H2;(H,3,4)(H,5,6). The van der Waals surface area contributed by atoms with Crippen LogP contribution in [0.25, 0.3) is 0 Å². The highest BCUT2D eigenvalue weighted by atomic mass is 16.6. The van der Waals surface area contributed by atoms with Crippen molar-refractivity contribution >= 4 is 17.9 Å². The van der Waals surface area contributed by atoms with Crippen LogP contribution >= 0.6 is 0 Å². The number of hydrogen-bond donors (Lipinski definition) is 3. The first kappa shape index (κ1) is 20.8. The number of ether oxygens (including phenoxy) is 2. The normalized spacial score (nSPS) is 14.4. The van der Waals surface area contributed by atoms with Crippen molar-refractivity contribution in [1.82, 2.24) is 15.0 Å². The van der Waals surface area contributed by atoms with Crippen molar-refractivity contribution in [2.75, 3.05) is 31.1 Å². The van der Waals surface area contributed by atoms with Crippen molar-refractivity contribution < 1.29 is 29.3 Å². The van der Waals surface area contributed by atoms with Crippen LogP contribution in [0.1, 0.15) is 6.42 Å². The van der Waals surface area contributed by atoms with E-state index in [2.05, 4.69) is 19.9 Å². The van der Waals surface area contributed by atoms with Gasteiger partial charge in [0.15, 0.2) is 11.9 Å². The van der Waals surface area contributed by atoms with Crippen molar-refractivity contribution in [2.45, 2.75) is 12.5 Å². The summed E-state index contributed by atoms with van der Waals surface area (Å²) in [6.45, 7) is 2.49. The molecule has 1 aliphatic heterocycles. The largest absolute Gasteiger partial charge is 0.479 e. The lowest BCUT2D eigenvalue weighted by molar-refractivity contribution is -0.159. The van der Waals surface area contributed by atoms with Crippen LogP contribution in [0.15, 0.2) is 36.8 Å². The van der Waals surface area contributed by atoms with Gasteiger partial charge in [0.1, 0.15) is 6.61 Å². The third kappa shape index (κ3) is 6.36. The van der Waals surface area contributed by atoms with E-state index in [0.29, 0.717) is 37.3 Å². The smallest absolute Gasteiger partial charge is 0.414 e. The van der Waals surface area contributed by atoms with Crippen LogP contribution in [-0.2, 0) is 9.59 Å². The van der Waals surface area contributed by atoms with E-state index in [4.69, 9.17) is 35.0 Å². The Bertz CT molecular complexity index is 764. The van der Waals surface area contributed by atoms with Gasteiger partial charge in [-0.2, -0.15) is 0 Å². The Morgan fingerprint density at radius 3 is 2.46 bits per heavy atom. The van der Waals surface area contributed by atoms with Gasteiger partial charge in [0, 0.05) is 25.1 Å². The second-order valence-electron chi connectivity index (χ2n) is 5.60. The lowest BCUT2D eigenvalue weighted by Crippen LogP contribution is -2.42. The highest BCUT2D eigenvalue weighted by Gasteiger charge is 2.24. The van der Waals surface area contributed by atoms with Crippen molar-refractivity contribution in [1.29, 1.82) is 0 Å². The van der Waals surface area contributed by atoms with Gasteiger partial charge < -0.3 is 30.3 Å². The van der Waals surface area contributed by atoms with Crippen molar-refractivity contribution in [3.8, 4) is 11.6 Å². The predicted molar refractivity (Wildman–Crippen MR) is 97.3 cm³/mol. The summed E-state index contributed by atoms with van der Waals surface area (Å²) in [4.78, 5) is 33.0.